The number of nitrogens with zero attached hydrogens (tertiary/aromatic N) is 2. The Morgan fingerprint density at radius 2 is 2.10 bits per heavy atom. The van der Waals surface area contributed by atoms with Crippen molar-refractivity contribution in [3.8, 4) is 11.5 Å². The first-order chi connectivity index (χ1) is 9.69. The number of hydrogen-bond acceptors (Lipinski definition) is 5. The van der Waals surface area contributed by atoms with Crippen molar-refractivity contribution in [2.45, 2.75) is 26.3 Å². The van der Waals surface area contributed by atoms with Gasteiger partial charge in [0, 0.05) is 17.3 Å². The monoisotopic (exact) mass is 274 g/mol. The van der Waals surface area contributed by atoms with E-state index in [2.05, 4.69) is 27.8 Å². The van der Waals surface area contributed by atoms with E-state index >= 15 is 0 Å². The van der Waals surface area contributed by atoms with Crippen molar-refractivity contribution in [3.63, 3.8) is 0 Å². The van der Waals surface area contributed by atoms with Gasteiger partial charge in [0.05, 0.1) is 6.54 Å². The minimum atomic E-state index is -0.0594. The van der Waals surface area contributed by atoms with Crippen molar-refractivity contribution in [3.05, 3.63) is 30.7 Å². The number of carbonyl (C=O) groups is 1. The highest BCUT2D eigenvalue weighted by Gasteiger charge is 2.06. The summed E-state index contributed by atoms with van der Waals surface area (Å²) >= 11 is 0. The molecule has 1 unspecified atom stereocenters. The molecule has 1 aromatic heterocycles. The molecule has 0 spiro atoms. The number of carbonyl (C=O) groups excluding carboxylic acids is 1. The second kappa shape index (κ2) is 6.81. The highest BCUT2D eigenvalue weighted by molar-refractivity contribution is 5.92. The predicted molar refractivity (Wildman–Crippen MR) is 76.1 cm³/mol. The molecule has 0 saturated carbocycles. The molecule has 1 amide bonds. The largest absolute Gasteiger partial charge is 0.423 e. The lowest BCUT2D eigenvalue weighted by molar-refractivity contribution is -0.115. The SMILES string of the molecule is CCC(C)NCC(=O)Nc1ccc(-c2nnco2)cc1. The van der Waals surface area contributed by atoms with E-state index in [0.29, 0.717) is 18.5 Å². The molecule has 0 aliphatic heterocycles. The predicted octanol–water partition coefficient (Wildman–Crippen LogP) is 2.06. The van der Waals surface area contributed by atoms with Crippen molar-refractivity contribution < 1.29 is 9.21 Å². The van der Waals surface area contributed by atoms with Crippen LogP contribution in [0.2, 0.25) is 0 Å². The lowest BCUT2D eigenvalue weighted by Crippen LogP contribution is -2.33. The smallest absolute Gasteiger partial charge is 0.247 e. The molecule has 0 bridgehead atoms. The standard InChI is InChI=1S/C14H18N4O2/c1-3-10(2)15-8-13(19)17-12-6-4-11(5-7-12)14-18-16-9-20-14/h4-7,9-10,15H,3,8H2,1-2H3,(H,17,19). The van der Waals surface area contributed by atoms with E-state index < -0.39 is 0 Å². The molecule has 1 heterocycles. The van der Waals surface area contributed by atoms with Crippen LogP contribution in [0.4, 0.5) is 5.69 Å². The fraction of sp³-hybridized carbons (Fsp3) is 0.357. The van der Waals surface area contributed by atoms with E-state index in [9.17, 15) is 4.79 Å². The maximum Gasteiger partial charge on any atom is 0.247 e. The summed E-state index contributed by atoms with van der Waals surface area (Å²) in [4.78, 5) is 11.7. The molecule has 0 radical (unpaired) electrons. The molecular weight excluding hydrogens is 256 g/mol. The number of aromatic nitrogens is 2. The highest BCUT2D eigenvalue weighted by atomic mass is 16.4. The Bertz CT molecular complexity index is 537. The molecule has 6 nitrogen and oxygen atoms in total. The van der Waals surface area contributed by atoms with Gasteiger partial charge in [-0.3, -0.25) is 4.79 Å². The minimum Gasteiger partial charge on any atom is -0.423 e. The molecule has 1 aromatic carbocycles. The minimum absolute atomic E-state index is 0.0594. The summed E-state index contributed by atoms with van der Waals surface area (Å²) in [6.07, 6.45) is 2.28. The van der Waals surface area contributed by atoms with Gasteiger partial charge in [0.1, 0.15) is 0 Å². The first-order valence-electron chi connectivity index (χ1n) is 6.59. The summed E-state index contributed by atoms with van der Waals surface area (Å²) < 4.78 is 5.10. The quantitative estimate of drug-likeness (QED) is 0.842. The number of rotatable bonds is 6. The summed E-state index contributed by atoms with van der Waals surface area (Å²) in [5.74, 6) is 0.400. The molecule has 6 heteroatoms. The summed E-state index contributed by atoms with van der Waals surface area (Å²) in [5, 5.41) is 13.4. The van der Waals surface area contributed by atoms with Gasteiger partial charge in [-0.2, -0.15) is 0 Å². The zero-order valence-corrected chi connectivity index (χ0v) is 11.6. The van der Waals surface area contributed by atoms with Crippen molar-refractivity contribution in [2.24, 2.45) is 0 Å². The van der Waals surface area contributed by atoms with Gasteiger partial charge in [-0.25, -0.2) is 0 Å². The summed E-state index contributed by atoms with van der Waals surface area (Å²) in [6, 6.07) is 7.60. The summed E-state index contributed by atoms with van der Waals surface area (Å²) in [7, 11) is 0. The van der Waals surface area contributed by atoms with Crippen molar-refractivity contribution >= 4 is 11.6 Å². The maximum absolute atomic E-state index is 11.7. The molecule has 2 N–H and O–H groups in total. The second-order valence-corrected chi connectivity index (χ2v) is 4.56. The first-order valence-corrected chi connectivity index (χ1v) is 6.59. The number of nitrogens with one attached hydrogen (secondary N) is 2. The zero-order chi connectivity index (χ0) is 14.4. The van der Waals surface area contributed by atoms with Gasteiger partial charge in [0.25, 0.3) is 0 Å². The molecule has 0 saturated heterocycles. The van der Waals surface area contributed by atoms with E-state index in [0.717, 1.165) is 17.7 Å². The third kappa shape index (κ3) is 3.89. The lowest BCUT2D eigenvalue weighted by atomic mass is 10.2. The topological polar surface area (TPSA) is 80.0 Å². The van der Waals surface area contributed by atoms with E-state index in [1.165, 1.54) is 6.39 Å². The normalized spacial score (nSPS) is 12.1. The average Bonchev–Trinajstić information content (AvgIpc) is 2.99. The third-order valence-electron chi connectivity index (χ3n) is 3.00. The Balaban J connectivity index is 1.89. The Morgan fingerprint density at radius 1 is 1.35 bits per heavy atom. The summed E-state index contributed by atoms with van der Waals surface area (Å²) in [5.41, 5.74) is 1.56. The second-order valence-electron chi connectivity index (χ2n) is 4.56. The Kier molecular flexibility index (Phi) is 4.84. The molecule has 0 aliphatic rings. The molecule has 2 rings (SSSR count). The van der Waals surface area contributed by atoms with Gasteiger partial charge in [-0.15, -0.1) is 10.2 Å². The molecule has 106 valence electrons. The van der Waals surface area contributed by atoms with Crippen LogP contribution < -0.4 is 10.6 Å². The fourth-order valence-electron chi connectivity index (χ4n) is 1.61. The van der Waals surface area contributed by atoms with Gasteiger partial charge in [0.15, 0.2) is 0 Å². The first kappa shape index (κ1) is 14.2. The van der Waals surface area contributed by atoms with Gasteiger partial charge >= 0.3 is 0 Å². The van der Waals surface area contributed by atoms with Crippen molar-refractivity contribution in [2.75, 3.05) is 11.9 Å². The van der Waals surface area contributed by atoms with Gasteiger partial charge in [0.2, 0.25) is 18.2 Å². The number of hydrogen-bond donors (Lipinski definition) is 2. The van der Waals surface area contributed by atoms with Crippen LogP contribution in [0.3, 0.4) is 0 Å². The van der Waals surface area contributed by atoms with Crippen LogP contribution in [-0.4, -0.2) is 28.7 Å². The Labute approximate surface area is 117 Å². The molecule has 0 aliphatic carbocycles. The maximum atomic E-state index is 11.7. The van der Waals surface area contributed by atoms with Crippen molar-refractivity contribution in [1.29, 1.82) is 0 Å². The number of benzene rings is 1. The van der Waals surface area contributed by atoms with Gasteiger partial charge in [-0.1, -0.05) is 6.92 Å². The van der Waals surface area contributed by atoms with Gasteiger partial charge in [-0.05, 0) is 37.6 Å². The van der Waals surface area contributed by atoms with E-state index in [1.54, 1.807) is 12.1 Å². The molecule has 2 aromatic rings. The van der Waals surface area contributed by atoms with E-state index in [4.69, 9.17) is 4.42 Å². The zero-order valence-electron chi connectivity index (χ0n) is 11.6. The lowest BCUT2D eigenvalue weighted by Gasteiger charge is -2.11. The van der Waals surface area contributed by atoms with Crippen LogP contribution in [0, 0.1) is 0 Å². The molecule has 20 heavy (non-hydrogen) atoms. The van der Waals surface area contributed by atoms with Crippen LogP contribution in [0.25, 0.3) is 11.5 Å². The Morgan fingerprint density at radius 3 is 2.70 bits per heavy atom. The number of anilines is 1. The molecule has 0 fully saturated rings. The van der Waals surface area contributed by atoms with Crippen LogP contribution in [-0.2, 0) is 4.79 Å². The number of amides is 1. The summed E-state index contributed by atoms with van der Waals surface area (Å²) in [6.45, 7) is 4.43. The van der Waals surface area contributed by atoms with E-state index in [1.807, 2.05) is 19.1 Å². The van der Waals surface area contributed by atoms with Crippen LogP contribution in [0.1, 0.15) is 20.3 Å². The Hall–Kier alpha value is -2.21. The average molecular weight is 274 g/mol. The highest BCUT2D eigenvalue weighted by Crippen LogP contribution is 2.18. The van der Waals surface area contributed by atoms with Crippen LogP contribution in [0.5, 0.6) is 0 Å². The molecule has 1 atom stereocenters. The van der Waals surface area contributed by atoms with Gasteiger partial charge < -0.3 is 15.1 Å². The van der Waals surface area contributed by atoms with E-state index in [-0.39, 0.29) is 5.91 Å². The third-order valence-corrected chi connectivity index (χ3v) is 3.00. The van der Waals surface area contributed by atoms with Crippen molar-refractivity contribution in [1.82, 2.24) is 15.5 Å². The van der Waals surface area contributed by atoms with Crippen LogP contribution in [0.15, 0.2) is 35.1 Å². The van der Waals surface area contributed by atoms with Crippen LogP contribution >= 0.6 is 0 Å². The molecular formula is C14H18N4O2. The fourth-order valence-corrected chi connectivity index (χ4v) is 1.61.